The summed E-state index contributed by atoms with van der Waals surface area (Å²) in [5.74, 6) is -1.69. The third kappa shape index (κ3) is 4.90. The predicted molar refractivity (Wildman–Crippen MR) is 138 cm³/mol. The number of halogens is 3. The highest BCUT2D eigenvalue weighted by Gasteiger charge is 2.44. The van der Waals surface area contributed by atoms with Gasteiger partial charge < -0.3 is 20.0 Å². The highest BCUT2D eigenvalue weighted by atomic mass is 127. The molecule has 1 aromatic rings. The Hall–Kier alpha value is -1.91. The molecule has 0 radical (unpaired) electrons. The maximum Gasteiger partial charge on any atom is 0.258 e. The van der Waals surface area contributed by atoms with Crippen molar-refractivity contribution in [1.82, 2.24) is 15.1 Å². The van der Waals surface area contributed by atoms with Gasteiger partial charge in [-0.25, -0.2) is 8.78 Å². The van der Waals surface area contributed by atoms with Crippen molar-refractivity contribution >= 4 is 40.1 Å². The third-order valence-electron chi connectivity index (χ3n) is 7.89. The highest BCUT2D eigenvalue weighted by molar-refractivity contribution is 14.1. The zero-order valence-corrected chi connectivity index (χ0v) is 21.9. The minimum Gasteiger partial charge on any atom is -0.371 e. The number of carbonyl (C=O) groups excluding carboxylic acids is 1. The molecule has 0 aromatic heterocycles. The van der Waals surface area contributed by atoms with Gasteiger partial charge in [-0.05, 0) is 84.9 Å². The number of amides is 1. The normalized spacial score (nSPS) is 25.7. The molecule has 5 rings (SSSR count). The van der Waals surface area contributed by atoms with E-state index >= 15 is 0 Å². The summed E-state index contributed by atoms with van der Waals surface area (Å²) in [5, 5.41) is 3.00. The zero-order valence-electron chi connectivity index (χ0n) is 19.8. The first-order chi connectivity index (χ1) is 16.1. The third-order valence-corrected chi connectivity index (χ3v) is 8.56. The molecule has 1 unspecified atom stereocenters. The Balaban J connectivity index is 1.33. The van der Waals surface area contributed by atoms with Gasteiger partial charge in [-0.1, -0.05) is 0 Å². The lowest BCUT2D eigenvalue weighted by Crippen LogP contribution is -2.52. The second kappa shape index (κ2) is 8.95. The average Bonchev–Trinajstić information content (AvgIpc) is 3.55. The van der Waals surface area contributed by atoms with Gasteiger partial charge in [0.1, 0.15) is 5.82 Å². The largest absolute Gasteiger partial charge is 0.371 e. The molecule has 184 valence electrons. The number of rotatable bonds is 3. The molecule has 1 N–H and O–H groups in total. The molecule has 1 amide bonds. The number of aliphatic imine (C=N–C) groups is 1. The quantitative estimate of drug-likeness (QED) is 0.527. The fourth-order valence-corrected chi connectivity index (χ4v) is 5.66. The molecule has 1 saturated carbocycles. The predicted octanol–water partition coefficient (Wildman–Crippen LogP) is 4.66. The van der Waals surface area contributed by atoms with Crippen molar-refractivity contribution in [3.63, 3.8) is 0 Å². The number of hydrogen-bond acceptors (Lipinski definition) is 5. The minimum absolute atomic E-state index is 0.0155. The second-order valence-electron chi connectivity index (χ2n) is 10.3. The topological polar surface area (TPSA) is 51.2 Å². The van der Waals surface area contributed by atoms with Gasteiger partial charge in [0.05, 0.1) is 17.3 Å². The lowest BCUT2D eigenvalue weighted by molar-refractivity contribution is -0.0451. The SMILES string of the molecule is CC1C=C(NC(=O)c2ccc(I)cc2N2CCC3(CC2)CC3)N=C(N2CCC(F)(F)CC2)N1C. The monoisotopic (exact) mass is 583 g/mol. The summed E-state index contributed by atoms with van der Waals surface area (Å²) >= 11 is 2.29. The van der Waals surface area contributed by atoms with Crippen molar-refractivity contribution in [2.75, 3.05) is 38.1 Å². The van der Waals surface area contributed by atoms with Crippen molar-refractivity contribution in [2.24, 2.45) is 10.4 Å². The molecule has 3 fully saturated rings. The Morgan fingerprint density at radius 2 is 1.71 bits per heavy atom. The van der Waals surface area contributed by atoms with Crippen LogP contribution >= 0.6 is 22.6 Å². The number of nitrogens with zero attached hydrogens (tertiary/aromatic N) is 4. The van der Waals surface area contributed by atoms with Crippen LogP contribution in [0, 0.1) is 8.99 Å². The number of likely N-dealkylation sites (N-methyl/N-ethyl adjacent to an activating group) is 1. The fourth-order valence-electron chi connectivity index (χ4n) is 5.18. The van der Waals surface area contributed by atoms with Crippen molar-refractivity contribution < 1.29 is 13.6 Å². The van der Waals surface area contributed by atoms with Crippen molar-refractivity contribution in [3.05, 3.63) is 39.2 Å². The van der Waals surface area contributed by atoms with Crippen LogP contribution in [-0.2, 0) is 0 Å². The van der Waals surface area contributed by atoms with Crippen LogP contribution in [0.1, 0.15) is 55.8 Å². The molecule has 1 spiro atoms. The van der Waals surface area contributed by atoms with Gasteiger partial charge in [0, 0.05) is 49.6 Å². The molecule has 1 aromatic carbocycles. The number of benzene rings is 1. The molecular formula is C25H32F2IN5O. The van der Waals surface area contributed by atoms with Crippen LogP contribution in [0.25, 0.3) is 0 Å². The van der Waals surface area contributed by atoms with Gasteiger partial charge in [-0.15, -0.1) is 0 Å². The zero-order chi connectivity index (χ0) is 24.1. The molecule has 3 aliphatic heterocycles. The number of likely N-dealkylation sites (tertiary alicyclic amines) is 1. The Morgan fingerprint density at radius 3 is 2.35 bits per heavy atom. The Bertz CT molecular complexity index is 1020. The van der Waals surface area contributed by atoms with Crippen LogP contribution in [0.3, 0.4) is 0 Å². The lowest BCUT2D eigenvalue weighted by atomic mass is 9.93. The first-order valence-electron chi connectivity index (χ1n) is 12.2. The van der Waals surface area contributed by atoms with E-state index in [1.807, 2.05) is 42.0 Å². The van der Waals surface area contributed by atoms with Crippen molar-refractivity contribution in [3.8, 4) is 0 Å². The first kappa shape index (κ1) is 23.8. The van der Waals surface area contributed by atoms with Gasteiger partial charge >= 0.3 is 0 Å². The average molecular weight is 583 g/mol. The molecule has 4 aliphatic rings. The summed E-state index contributed by atoms with van der Waals surface area (Å²) < 4.78 is 28.4. The summed E-state index contributed by atoms with van der Waals surface area (Å²) in [7, 11) is 1.91. The van der Waals surface area contributed by atoms with Crippen molar-refractivity contribution in [1.29, 1.82) is 0 Å². The highest BCUT2D eigenvalue weighted by Crippen LogP contribution is 2.54. The first-order valence-corrected chi connectivity index (χ1v) is 13.2. The van der Waals surface area contributed by atoms with E-state index in [2.05, 4.69) is 43.9 Å². The minimum atomic E-state index is -2.61. The maximum absolute atomic E-state index is 13.7. The van der Waals surface area contributed by atoms with Gasteiger partial charge in [0.2, 0.25) is 5.96 Å². The number of alkyl halides is 2. The van der Waals surface area contributed by atoms with E-state index in [-0.39, 0.29) is 37.9 Å². The van der Waals surface area contributed by atoms with Crippen LogP contribution in [0.4, 0.5) is 14.5 Å². The molecule has 34 heavy (non-hydrogen) atoms. The van der Waals surface area contributed by atoms with Gasteiger partial charge in [-0.3, -0.25) is 4.79 Å². The second-order valence-corrected chi connectivity index (χ2v) is 11.5. The Morgan fingerprint density at radius 1 is 1.06 bits per heavy atom. The van der Waals surface area contributed by atoms with E-state index in [4.69, 9.17) is 0 Å². The number of hydrogen-bond donors (Lipinski definition) is 1. The number of piperidine rings is 2. The van der Waals surface area contributed by atoms with Crippen LogP contribution in [0.2, 0.25) is 0 Å². The van der Waals surface area contributed by atoms with Gasteiger partial charge in [0.15, 0.2) is 0 Å². The summed E-state index contributed by atoms with van der Waals surface area (Å²) in [6, 6.07) is 5.93. The lowest BCUT2D eigenvalue weighted by Gasteiger charge is -2.40. The van der Waals surface area contributed by atoms with Crippen LogP contribution in [0.15, 0.2) is 35.1 Å². The summed E-state index contributed by atoms with van der Waals surface area (Å²) in [4.78, 5) is 24.3. The van der Waals surface area contributed by atoms with E-state index < -0.39 is 5.92 Å². The maximum atomic E-state index is 13.7. The number of carbonyl (C=O) groups is 1. The molecule has 0 bridgehead atoms. The number of nitrogens with one attached hydrogen (secondary N) is 1. The van der Waals surface area contributed by atoms with Crippen LogP contribution < -0.4 is 10.2 Å². The van der Waals surface area contributed by atoms with Crippen LogP contribution in [0.5, 0.6) is 0 Å². The Labute approximate surface area is 213 Å². The number of anilines is 1. The molecule has 6 nitrogen and oxygen atoms in total. The molecular weight excluding hydrogens is 551 g/mol. The molecule has 3 heterocycles. The van der Waals surface area contributed by atoms with E-state index in [1.165, 1.54) is 25.7 Å². The number of guanidine groups is 1. The molecule has 2 saturated heterocycles. The van der Waals surface area contributed by atoms with Crippen molar-refractivity contribution in [2.45, 2.75) is 57.4 Å². The van der Waals surface area contributed by atoms with E-state index in [0.29, 0.717) is 22.8 Å². The molecule has 1 atom stereocenters. The summed E-state index contributed by atoms with van der Waals surface area (Å²) in [6.45, 7) is 4.47. The molecule has 9 heteroatoms. The van der Waals surface area contributed by atoms with Gasteiger partial charge in [0.25, 0.3) is 11.8 Å². The smallest absolute Gasteiger partial charge is 0.258 e. The van der Waals surface area contributed by atoms with Gasteiger partial charge in [-0.2, -0.15) is 4.99 Å². The van der Waals surface area contributed by atoms with E-state index in [9.17, 15) is 13.6 Å². The molecule has 1 aliphatic carbocycles. The standard InChI is InChI=1S/C25H32F2IN5O/c1-17-15-21(30-23(31(17)2)33-13-9-25(26,27)10-14-33)29-22(34)19-4-3-18(28)16-20(19)32-11-7-24(5-6-24)8-12-32/h3-4,15-17H,5-14H2,1-2H3,(H,29,34). The van der Waals surface area contributed by atoms with E-state index in [0.717, 1.165) is 22.3 Å². The summed E-state index contributed by atoms with van der Waals surface area (Å²) in [6.07, 6.45) is 6.62. The summed E-state index contributed by atoms with van der Waals surface area (Å²) in [5.41, 5.74) is 2.19. The van der Waals surface area contributed by atoms with Crippen LogP contribution in [-0.4, -0.2) is 66.9 Å². The Kier molecular flexibility index (Phi) is 6.27. The van der Waals surface area contributed by atoms with E-state index in [1.54, 1.807) is 0 Å². The fraction of sp³-hybridized carbons (Fsp3) is 0.600.